The van der Waals surface area contributed by atoms with Crippen LogP contribution in [0.1, 0.15) is 11.3 Å². The molecule has 3 heterocycles. The normalized spacial score (nSPS) is 16.1. The molecule has 0 spiro atoms. The number of hydrogen-bond donors (Lipinski definition) is 1. The van der Waals surface area contributed by atoms with Crippen molar-refractivity contribution in [3.8, 4) is 0 Å². The number of rotatable bonds is 2. The summed E-state index contributed by atoms with van der Waals surface area (Å²) in [6.07, 6.45) is 2.23. The van der Waals surface area contributed by atoms with Gasteiger partial charge in [-0.15, -0.1) is 11.3 Å². The molecule has 0 radical (unpaired) electrons. The summed E-state index contributed by atoms with van der Waals surface area (Å²) in [6.45, 7) is 0.609. The van der Waals surface area contributed by atoms with Crippen LogP contribution >= 0.6 is 22.9 Å². The SMILES string of the molecule is Nc1ncc2c(n1)CN(S(=O)(=O)c1ccc(Cl)s1)CC2. The fourth-order valence-electron chi connectivity index (χ4n) is 2.06. The number of hydrogen-bond acceptors (Lipinski definition) is 6. The second-order valence-corrected chi connectivity index (χ2v) is 8.23. The quantitative estimate of drug-likeness (QED) is 0.901. The molecule has 106 valence electrons. The van der Waals surface area contributed by atoms with Crippen LogP contribution in [0.4, 0.5) is 5.95 Å². The lowest BCUT2D eigenvalue weighted by atomic mass is 10.1. The molecular formula is C11H11ClN4O2S2. The maximum Gasteiger partial charge on any atom is 0.252 e. The molecular weight excluding hydrogens is 320 g/mol. The van der Waals surface area contributed by atoms with Crippen LogP contribution in [-0.2, 0) is 23.0 Å². The van der Waals surface area contributed by atoms with Crippen LogP contribution < -0.4 is 5.73 Å². The molecule has 0 atom stereocenters. The fraction of sp³-hybridized carbons (Fsp3) is 0.273. The fourth-order valence-corrected chi connectivity index (χ4v) is 5.10. The van der Waals surface area contributed by atoms with Crippen LogP contribution in [0.3, 0.4) is 0 Å². The van der Waals surface area contributed by atoms with Crippen molar-refractivity contribution in [2.24, 2.45) is 0 Å². The van der Waals surface area contributed by atoms with Gasteiger partial charge in [0.05, 0.1) is 16.6 Å². The van der Waals surface area contributed by atoms with Crippen molar-refractivity contribution >= 4 is 38.9 Å². The van der Waals surface area contributed by atoms with Crippen molar-refractivity contribution in [3.63, 3.8) is 0 Å². The molecule has 1 aliphatic rings. The Labute approximate surface area is 125 Å². The first-order valence-corrected chi connectivity index (χ1v) is 8.46. The van der Waals surface area contributed by atoms with Crippen molar-refractivity contribution in [2.45, 2.75) is 17.2 Å². The van der Waals surface area contributed by atoms with E-state index < -0.39 is 10.0 Å². The van der Waals surface area contributed by atoms with Gasteiger partial charge in [0.15, 0.2) is 0 Å². The highest BCUT2D eigenvalue weighted by atomic mass is 35.5. The van der Waals surface area contributed by atoms with Gasteiger partial charge in [-0.2, -0.15) is 4.31 Å². The monoisotopic (exact) mass is 330 g/mol. The van der Waals surface area contributed by atoms with E-state index in [0.29, 0.717) is 23.0 Å². The molecule has 2 aromatic rings. The van der Waals surface area contributed by atoms with E-state index in [-0.39, 0.29) is 16.7 Å². The Bertz CT molecular complexity index is 760. The maximum absolute atomic E-state index is 12.5. The summed E-state index contributed by atoms with van der Waals surface area (Å²) in [5.41, 5.74) is 7.15. The third-order valence-electron chi connectivity index (χ3n) is 3.07. The van der Waals surface area contributed by atoms with Crippen molar-refractivity contribution in [1.29, 1.82) is 0 Å². The molecule has 0 unspecified atom stereocenters. The molecule has 2 aromatic heterocycles. The van der Waals surface area contributed by atoms with Gasteiger partial charge >= 0.3 is 0 Å². The standard InChI is InChI=1S/C11H11ClN4O2S2/c12-9-1-2-10(19-9)20(17,18)16-4-3-7-5-14-11(13)15-8(7)6-16/h1-2,5H,3-4,6H2,(H2,13,14,15). The Morgan fingerprint density at radius 2 is 2.20 bits per heavy atom. The number of nitrogens with two attached hydrogens (primary N) is 1. The van der Waals surface area contributed by atoms with Crippen molar-refractivity contribution in [3.05, 3.63) is 33.9 Å². The lowest BCUT2D eigenvalue weighted by molar-refractivity contribution is 0.386. The minimum absolute atomic E-state index is 0.155. The summed E-state index contributed by atoms with van der Waals surface area (Å²) in [5.74, 6) is 0.155. The number of aromatic nitrogens is 2. The highest BCUT2D eigenvalue weighted by Crippen LogP contribution is 2.30. The van der Waals surface area contributed by atoms with Gasteiger partial charge in [-0.3, -0.25) is 0 Å². The van der Waals surface area contributed by atoms with Gasteiger partial charge in [-0.25, -0.2) is 18.4 Å². The highest BCUT2D eigenvalue weighted by Gasteiger charge is 2.30. The number of sulfonamides is 1. The lowest BCUT2D eigenvalue weighted by Gasteiger charge is -2.26. The minimum atomic E-state index is -3.53. The Kier molecular flexibility index (Phi) is 3.41. The van der Waals surface area contributed by atoms with Crippen LogP contribution in [-0.4, -0.2) is 29.2 Å². The zero-order valence-corrected chi connectivity index (χ0v) is 12.7. The van der Waals surface area contributed by atoms with Crippen molar-refractivity contribution in [2.75, 3.05) is 12.3 Å². The molecule has 0 bridgehead atoms. The lowest BCUT2D eigenvalue weighted by Crippen LogP contribution is -2.36. The average Bonchev–Trinajstić information content (AvgIpc) is 2.85. The van der Waals surface area contributed by atoms with Crippen LogP contribution in [0.5, 0.6) is 0 Å². The molecule has 0 aromatic carbocycles. The topological polar surface area (TPSA) is 89.2 Å². The smallest absolute Gasteiger partial charge is 0.252 e. The summed E-state index contributed by atoms with van der Waals surface area (Å²) in [5, 5.41) is 0. The Morgan fingerprint density at radius 1 is 1.40 bits per heavy atom. The third-order valence-corrected chi connectivity index (χ3v) is 6.62. The van der Waals surface area contributed by atoms with Crippen molar-refractivity contribution in [1.82, 2.24) is 14.3 Å². The molecule has 2 N–H and O–H groups in total. The van der Waals surface area contributed by atoms with Gasteiger partial charge in [0, 0.05) is 12.7 Å². The Hall–Kier alpha value is -1.22. The largest absolute Gasteiger partial charge is 0.368 e. The molecule has 20 heavy (non-hydrogen) atoms. The molecule has 3 rings (SSSR count). The van der Waals surface area contributed by atoms with E-state index in [4.69, 9.17) is 17.3 Å². The number of nitrogen functional groups attached to an aromatic ring is 1. The first-order chi connectivity index (χ1) is 9.46. The molecule has 0 amide bonds. The predicted octanol–water partition coefficient (Wildman–Crippen LogP) is 1.52. The summed E-state index contributed by atoms with van der Waals surface area (Å²) < 4.78 is 27.1. The van der Waals surface area contributed by atoms with E-state index in [1.807, 2.05) is 0 Å². The van der Waals surface area contributed by atoms with Crippen molar-refractivity contribution < 1.29 is 8.42 Å². The number of thiophene rings is 1. The van der Waals surface area contributed by atoms with E-state index in [1.165, 1.54) is 10.4 Å². The number of fused-ring (bicyclic) bond motifs is 1. The van der Waals surface area contributed by atoms with Gasteiger partial charge < -0.3 is 5.73 Å². The van der Waals surface area contributed by atoms with Crippen LogP contribution in [0.2, 0.25) is 4.34 Å². The van der Waals surface area contributed by atoms with Gasteiger partial charge in [0.2, 0.25) is 5.95 Å². The second kappa shape index (κ2) is 4.96. The first-order valence-electron chi connectivity index (χ1n) is 5.82. The molecule has 9 heteroatoms. The number of nitrogens with zero attached hydrogens (tertiary/aromatic N) is 3. The molecule has 0 fully saturated rings. The van der Waals surface area contributed by atoms with E-state index >= 15 is 0 Å². The number of halogens is 1. The second-order valence-electron chi connectivity index (χ2n) is 4.35. The average molecular weight is 331 g/mol. The third kappa shape index (κ3) is 2.39. The molecule has 0 saturated heterocycles. The number of anilines is 1. The van der Waals surface area contributed by atoms with Crippen LogP contribution in [0, 0.1) is 0 Å². The zero-order valence-electron chi connectivity index (χ0n) is 10.3. The van der Waals surface area contributed by atoms with E-state index in [1.54, 1.807) is 12.3 Å². The highest BCUT2D eigenvalue weighted by molar-refractivity contribution is 7.91. The summed E-state index contributed by atoms with van der Waals surface area (Å²) in [7, 11) is -3.53. The van der Waals surface area contributed by atoms with Gasteiger partial charge in [0.25, 0.3) is 10.0 Å². The Balaban J connectivity index is 1.93. The van der Waals surface area contributed by atoms with Crippen LogP contribution in [0.15, 0.2) is 22.5 Å². The van der Waals surface area contributed by atoms with E-state index in [9.17, 15) is 8.42 Å². The zero-order chi connectivity index (χ0) is 14.3. The van der Waals surface area contributed by atoms with E-state index in [0.717, 1.165) is 16.9 Å². The molecule has 0 saturated carbocycles. The van der Waals surface area contributed by atoms with Gasteiger partial charge in [-0.05, 0) is 24.1 Å². The van der Waals surface area contributed by atoms with Gasteiger partial charge in [0.1, 0.15) is 4.21 Å². The minimum Gasteiger partial charge on any atom is -0.368 e. The Morgan fingerprint density at radius 3 is 2.90 bits per heavy atom. The summed E-state index contributed by atoms with van der Waals surface area (Å²) in [4.78, 5) is 8.04. The predicted molar refractivity (Wildman–Crippen MR) is 77.1 cm³/mol. The maximum atomic E-state index is 12.5. The molecule has 1 aliphatic heterocycles. The van der Waals surface area contributed by atoms with Crippen LogP contribution in [0.25, 0.3) is 0 Å². The first kappa shape index (κ1) is 13.7. The summed E-state index contributed by atoms with van der Waals surface area (Å²) >= 11 is 6.86. The molecule has 0 aliphatic carbocycles. The van der Waals surface area contributed by atoms with Gasteiger partial charge in [-0.1, -0.05) is 11.6 Å². The summed E-state index contributed by atoms with van der Waals surface area (Å²) in [6, 6.07) is 3.10. The molecule has 6 nitrogen and oxygen atoms in total. The van der Waals surface area contributed by atoms with E-state index in [2.05, 4.69) is 9.97 Å².